The Labute approximate surface area is 168 Å². The highest BCUT2D eigenvalue weighted by atomic mass is 19.1. The number of nitrogens with zero attached hydrogens (tertiary/aromatic N) is 6. The maximum absolute atomic E-state index is 13.6. The van der Waals surface area contributed by atoms with Gasteiger partial charge in [-0.1, -0.05) is 0 Å². The molecule has 2 aliphatic heterocycles. The first-order chi connectivity index (χ1) is 14.0. The van der Waals surface area contributed by atoms with Gasteiger partial charge in [0, 0.05) is 43.5 Å². The fraction of sp³-hybridized carbons (Fsp3) is 0.476. The van der Waals surface area contributed by atoms with Crippen LogP contribution in [0.15, 0.2) is 24.3 Å². The predicted octanol–water partition coefficient (Wildman–Crippen LogP) is 2.37. The number of fused-ring (bicyclic) bond motifs is 2. The number of carbonyl (C=O) groups excluding carboxylic acids is 1. The highest BCUT2D eigenvalue weighted by Gasteiger charge is 2.30. The Morgan fingerprint density at radius 2 is 2.00 bits per heavy atom. The number of halogens is 1. The molecule has 0 saturated carbocycles. The lowest BCUT2D eigenvalue weighted by atomic mass is 9.97. The van der Waals surface area contributed by atoms with E-state index < -0.39 is 0 Å². The normalized spacial score (nSPS) is 20.2. The quantitative estimate of drug-likeness (QED) is 0.667. The van der Waals surface area contributed by atoms with E-state index >= 15 is 0 Å². The van der Waals surface area contributed by atoms with Crippen molar-refractivity contribution < 1.29 is 9.18 Å². The van der Waals surface area contributed by atoms with Crippen LogP contribution >= 0.6 is 0 Å². The van der Waals surface area contributed by atoms with E-state index in [-0.39, 0.29) is 11.7 Å². The third-order valence-electron chi connectivity index (χ3n) is 6.28. The van der Waals surface area contributed by atoms with E-state index in [2.05, 4.69) is 26.7 Å². The smallest absolute Gasteiger partial charge is 0.270 e. The van der Waals surface area contributed by atoms with Crippen LogP contribution in [0.1, 0.15) is 40.9 Å². The Kier molecular flexibility index (Phi) is 4.38. The molecule has 0 bridgehead atoms. The molecular weight excluding hydrogens is 371 g/mol. The van der Waals surface area contributed by atoms with Gasteiger partial charge in [0.25, 0.3) is 5.91 Å². The highest BCUT2D eigenvalue weighted by Crippen LogP contribution is 2.28. The van der Waals surface area contributed by atoms with Crippen molar-refractivity contribution in [3.63, 3.8) is 0 Å². The summed E-state index contributed by atoms with van der Waals surface area (Å²) in [5, 5.41) is 9.63. The summed E-state index contributed by atoms with van der Waals surface area (Å²) in [6.45, 7) is 3.92. The molecule has 0 N–H and O–H groups in total. The third kappa shape index (κ3) is 3.11. The monoisotopic (exact) mass is 396 g/mol. The van der Waals surface area contributed by atoms with Crippen LogP contribution in [-0.2, 0) is 20.1 Å². The van der Waals surface area contributed by atoms with Gasteiger partial charge in [-0.05, 0) is 50.7 Å². The van der Waals surface area contributed by atoms with Crippen LogP contribution in [0.3, 0.4) is 0 Å². The first-order valence-electron chi connectivity index (χ1n) is 10.2. The zero-order valence-corrected chi connectivity index (χ0v) is 16.8. The molecule has 1 amide bonds. The van der Waals surface area contributed by atoms with Crippen LogP contribution in [0.2, 0.25) is 0 Å². The minimum Gasteiger partial charge on any atom is -0.340 e. The van der Waals surface area contributed by atoms with Crippen molar-refractivity contribution in [1.29, 1.82) is 0 Å². The lowest BCUT2D eigenvalue weighted by molar-refractivity contribution is 0.0696. The number of aromatic nitrogens is 4. The Hall–Kier alpha value is -2.74. The van der Waals surface area contributed by atoms with Crippen LogP contribution in [0.4, 0.5) is 4.39 Å². The van der Waals surface area contributed by atoms with Gasteiger partial charge in [-0.2, -0.15) is 0 Å². The van der Waals surface area contributed by atoms with E-state index in [9.17, 15) is 9.18 Å². The van der Waals surface area contributed by atoms with Crippen molar-refractivity contribution in [2.45, 2.75) is 31.8 Å². The summed E-state index contributed by atoms with van der Waals surface area (Å²) in [5.74, 6) is 1.95. The van der Waals surface area contributed by atoms with Crippen molar-refractivity contribution >= 4 is 16.8 Å². The van der Waals surface area contributed by atoms with E-state index in [1.807, 2.05) is 16.5 Å². The average molecular weight is 396 g/mol. The van der Waals surface area contributed by atoms with Crippen LogP contribution in [0.5, 0.6) is 0 Å². The summed E-state index contributed by atoms with van der Waals surface area (Å²) in [6.07, 6.45) is 2.31. The summed E-state index contributed by atoms with van der Waals surface area (Å²) in [5.41, 5.74) is 1.41. The minimum atomic E-state index is -0.297. The van der Waals surface area contributed by atoms with Crippen LogP contribution in [0, 0.1) is 5.82 Å². The number of benzene rings is 1. The van der Waals surface area contributed by atoms with Gasteiger partial charge >= 0.3 is 0 Å². The first kappa shape index (κ1) is 18.3. The van der Waals surface area contributed by atoms with Gasteiger partial charge in [0.1, 0.15) is 17.3 Å². The summed E-state index contributed by atoms with van der Waals surface area (Å²) in [6, 6.07) is 6.36. The SMILES string of the molecule is CN1CCC[C@@H](c2nnc3n2CCN(C(=O)c2cc4cc(F)ccc4n2C)C3)C1. The lowest BCUT2D eigenvalue weighted by Gasteiger charge is -2.32. The lowest BCUT2D eigenvalue weighted by Crippen LogP contribution is -2.40. The number of hydrogen-bond donors (Lipinski definition) is 0. The Morgan fingerprint density at radius 3 is 2.83 bits per heavy atom. The van der Waals surface area contributed by atoms with Crippen molar-refractivity contribution in [2.75, 3.05) is 26.7 Å². The molecule has 4 heterocycles. The number of rotatable bonds is 2. The molecule has 5 rings (SSSR count). The molecule has 0 radical (unpaired) electrons. The molecule has 29 heavy (non-hydrogen) atoms. The molecule has 1 fully saturated rings. The van der Waals surface area contributed by atoms with Gasteiger partial charge in [0.15, 0.2) is 5.82 Å². The summed E-state index contributed by atoms with van der Waals surface area (Å²) >= 11 is 0. The standard InChI is InChI=1S/C21H25FN6O/c1-25-7-3-4-14(12-25)20-24-23-19-13-27(8-9-28(19)20)21(29)18-11-15-10-16(22)5-6-17(15)26(18)2/h5-6,10-11,14H,3-4,7-9,12-13H2,1-2H3/t14-/m1/s1. The second-order valence-electron chi connectivity index (χ2n) is 8.25. The second-order valence-corrected chi connectivity index (χ2v) is 8.25. The summed E-state index contributed by atoms with van der Waals surface area (Å²) in [4.78, 5) is 17.3. The van der Waals surface area contributed by atoms with Gasteiger partial charge in [0.2, 0.25) is 0 Å². The molecule has 2 aromatic heterocycles. The zero-order valence-electron chi connectivity index (χ0n) is 16.8. The third-order valence-corrected chi connectivity index (χ3v) is 6.28. The van der Waals surface area contributed by atoms with Crippen molar-refractivity contribution in [1.82, 2.24) is 29.1 Å². The van der Waals surface area contributed by atoms with Gasteiger partial charge < -0.3 is 18.9 Å². The number of likely N-dealkylation sites (tertiary alicyclic amines) is 1. The Bertz CT molecular complexity index is 1090. The number of carbonyl (C=O) groups is 1. The van der Waals surface area contributed by atoms with Crippen LogP contribution in [-0.4, -0.2) is 61.7 Å². The second kappa shape index (κ2) is 6.95. The first-order valence-corrected chi connectivity index (χ1v) is 10.2. The van der Waals surface area contributed by atoms with Crippen LogP contribution in [0.25, 0.3) is 10.9 Å². The van der Waals surface area contributed by atoms with Gasteiger partial charge in [-0.15, -0.1) is 10.2 Å². The molecular formula is C21H25FN6O. The molecule has 1 saturated heterocycles. The molecule has 8 heteroatoms. The molecule has 0 spiro atoms. The van der Waals surface area contributed by atoms with Gasteiger partial charge in [-0.25, -0.2) is 4.39 Å². The summed E-state index contributed by atoms with van der Waals surface area (Å²) < 4.78 is 17.6. The number of likely N-dealkylation sites (N-methyl/N-ethyl adjacent to an activating group) is 1. The van der Waals surface area contributed by atoms with E-state index in [1.165, 1.54) is 18.6 Å². The molecule has 152 valence electrons. The number of hydrogen-bond acceptors (Lipinski definition) is 4. The van der Waals surface area contributed by atoms with Crippen molar-refractivity contribution in [2.24, 2.45) is 7.05 Å². The molecule has 1 atom stereocenters. The van der Waals surface area contributed by atoms with E-state index in [4.69, 9.17) is 0 Å². The number of amides is 1. The number of piperidine rings is 1. The van der Waals surface area contributed by atoms with E-state index in [0.29, 0.717) is 31.2 Å². The van der Waals surface area contributed by atoms with Gasteiger partial charge in [-0.3, -0.25) is 4.79 Å². The maximum Gasteiger partial charge on any atom is 0.270 e. The van der Waals surface area contributed by atoms with E-state index in [0.717, 1.165) is 42.1 Å². The molecule has 2 aliphatic rings. The number of aryl methyl sites for hydroxylation is 1. The average Bonchev–Trinajstić information content (AvgIpc) is 3.28. The van der Waals surface area contributed by atoms with Crippen LogP contribution < -0.4 is 0 Å². The Morgan fingerprint density at radius 1 is 1.14 bits per heavy atom. The largest absolute Gasteiger partial charge is 0.340 e. The summed E-state index contributed by atoms with van der Waals surface area (Å²) in [7, 11) is 3.99. The molecule has 7 nitrogen and oxygen atoms in total. The molecule has 0 unspecified atom stereocenters. The molecule has 0 aliphatic carbocycles. The maximum atomic E-state index is 13.6. The predicted molar refractivity (Wildman–Crippen MR) is 107 cm³/mol. The van der Waals surface area contributed by atoms with Gasteiger partial charge in [0.05, 0.1) is 6.54 Å². The van der Waals surface area contributed by atoms with Crippen molar-refractivity contribution in [3.8, 4) is 0 Å². The van der Waals surface area contributed by atoms with E-state index in [1.54, 1.807) is 12.1 Å². The zero-order chi connectivity index (χ0) is 20.1. The highest BCUT2D eigenvalue weighted by molar-refractivity contribution is 5.98. The Balaban J connectivity index is 1.39. The minimum absolute atomic E-state index is 0.0580. The molecule has 1 aromatic carbocycles. The molecule has 3 aromatic rings. The fourth-order valence-electron chi connectivity index (χ4n) is 4.72. The topological polar surface area (TPSA) is 59.2 Å². The fourth-order valence-corrected chi connectivity index (χ4v) is 4.72. The van der Waals surface area contributed by atoms with Crippen molar-refractivity contribution in [3.05, 3.63) is 47.4 Å².